The zero-order valence-corrected chi connectivity index (χ0v) is 36.5. The number of hydrogen-bond acceptors (Lipinski definition) is 5. The van der Waals surface area contributed by atoms with Gasteiger partial charge in [-0.15, -0.1) is 0 Å². The maximum absolute atomic E-state index is 6.66. The molecule has 0 atom stereocenters. The predicted molar refractivity (Wildman–Crippen MR) is 268 cm³/mol. The number of fused-ring (bicyclic) bond motifs is 19. The molecule has 68 heavy (non-hydrogen) atoms. The van der Waals surface area contributed by atoms with E-state index in [1.54, 1.807) is 0 Å². The highest BCUT2D eigenvalue weighted by Gasteiger charge is 2.52. The molecule has 0 bridgehead atoms. The van der Waals surface area contributed by atoms with Gasteiger partial charge in [0, 0.05) is 38.9 Å². The molecule has 0 N–H and O–H groups in total. The summed E-state index contributed by atoms with van der Waals surface area (Å²) in [6.45, 7) is 0. The van der Waals surface area contributed by atoms with Crippen molar-refractivity contribution in [1.82, 2.24) is 15.0 Å². The first-order valence-electron chi connectivity index (χ1n) is 23.2. The lowest BCUT2D eigenvalue weighted by molar-refractivity contribution is 0.436. The molecule has 2 aliphatic carbocycles. The molecule has 5 nitrogen and oxygen atoms in total. The van der Waals surface area contributed by atoms with Crippen LogP contribution in [0.4, 0.5) is 0 Å². The van der Waals surface area contributed by atoms with Gasteiger partial charge in [-0.3, -0.25) is 0 Å². The maximum Gasteiger partial charge on any atom is 0.164 e. The van der Waals surface area contributed by atoms with Gasteiger partial charge in [0.25, 0.3) is 0 Å². The fourth-order valence-electron chi connectivity index (χ4n) is 12.1. The topological polar surface area (TPSA) is 57.1 Å². The molecule has 2 spiro atoms. The van der Waals surface area contributed by atoms with Gasteiger partial charge in [-0.05, 0) is 104 Å². The average Bonchev–Trinajstić information content (AvgIpc) is 3.85. The number of hydrogen-bond donors (Lipinski definition) is 0. The van der Waals surface area contributed by atoms with Gasteiger partial charge in [-0.2, -0.15) is 0 Å². The van der Waals surface area contributed by atoms with E-state index in [1.807, 2.05) is 18.2 Å². The first-order chi connectivity index (χ1) is 33.7. The summed E-state index contributed by atoms with van der Waals surface area (Å²) in [7, 11) is 0. The second kappa shape index (κ2) is 13.8. The van der Waals surface area contributed by atoms with Crippen LogP contribution in [0.2, 0.25) is 0 Å². The highest BCUT2D eigenvalue weighted by Crippen LogP contribution is 2.64. The van der Waals surface area contributed by atoms with E-state index in [1.165, 1.54) is 44.2 Å². The van der Waals surface area contributed by atoms with Gasteiger partial charge in [-0.25, -0.2) is 15.0 Å². The Morgan fingerprint density at radius 2 is 0.618 bits per heavy atom. The summed E-state index contributed by atoms with van der Waals surface area (Å²) in [4.78, 5) is 15.9. The molecule has 0 amide bonds. The molecular formula is C63H37N3O2. The summed E-state index contributed by atoms with van der Waals surface area (Å²) in [6.07, 6.45) is 0. The van der Waals surface area contributed by atoms with E-state index in [4.69, 9.17) is 24.4 Å². The quantitative estimate of drug-likeness (QED) is 0.177. The fourth-order valence-corrected chi connectivity index (χ4v) is 12.1. The summed E-state index contributed by atoms with van der Waals surface area (Å²) in [5.41, 5.74) is 15.6. The zero-order valence-electron chi connectivity index (χ0n) is 36.5. The number of ether oxygens (including phenoxy) is 2. The Hall–Kier alpha value is -8.93. The van der Waals surface area contributed by atoms with Crippen LogP contribution in [-0.4, -0.2) is 15.0 Å². The third kappa shape index (κ3) is 4.91. The average molecular weight is 868 g/mol. The number of benzene rings is 10. The van der Waals surface area contributed by atoms with E-state index in [2.05, 4.69) is 206 Å². The predicted octanol–water partition coefficient (Wildman–Crippen LogP) is 15.0. The van der Waals surface area contributed by atoms with Gasteiger partial charge in [0.1, 0.15) is 23.0 Å². The minimum Gasteiger partial charge on any atom is -0.457 e. The van der Waals surface area contributed by atoms with Gasteiger partial charge < -0.3 is 9.47 Å². The van der Waals surface area contributed by atoms with Crippen LogP contribution in [0, 0.1) is 0 Å². The SMILES string of the molecule is c1ccc(-c2nc(-c3ccc4c(c3)-c3ccccc3C43c4ccccc4Oc4ccccc43)nc(-c3ccc4c(c3)-c3cc5ccccc5cc3C43c4ccccc4Oc4ccccc43)n2)cc1. The summed E-state index contributed by atoms with van der Waals surface area (Å²) in [6, 6.07) is 80.0. The molecule has 0 saturated heterocycles. The lowest BCUT2D eigenvalue weighted by Gasteiger charge is -2.39. The van der Waals surface area contributed by atoms with Crippen molar-refractivity contribution in [2.45, 2.75) is 10.8 Å². The van der Waals surface area contributed by atoms with Crippen molar-refractivity contribution in [1.29, 1.82) is 0 Å². The van der Waals surface area contributed by atoms with Crippen molar-refractivity contribution in [3.05, 3.63) is 269 Å². The second-order valence-corrected chi connectivity index (χ2v) is 18.2. The Bertz CT molecular complexity index is 3860. The molecule has 0 radical (unpaired) electrons. The lowest BCUT2D eigenvalue weighted by atomic mass is 9.66. The molecule has 5 heteroatoms. The normalized spacial score (nSPS) is 14.4. The van der Waals surface area contributed by atoms with Crippen LogP contribution in [0.1, 0.15) is 44.5 Å². The van der Waals surface area contributed by atoms with E-state index in [0.717, 1.165) is 73.1 Å². The summed E-state index contributed by atoms with van der Waals surface area (Å²) in [5.74, 6) is 5.31. The Balaban J connectivity index is 0.951. The summed E-state index contributed by atoms with van der Waals surface area (Å²) >= 11 is 0. The van der Waals surface area contributed by atoms with E-state index in [-0.39, 0.29) is 0 Å². The van der Waals surface area contributed by atoms with E-state index < -0.39 is 10.8 Å². The first-order valence-corrected chi connectivity index (χ1v) is 23.2. The number of rotatable bonds is 3. The number of para-hydroxylation sites is 4. The fraction of sp³-hybridized carbons (Fsp3) is 0.0317. The number of aromatic nitrogens is 3. The zero-order chi connectivity index (χ0) is 44.6. The Kier molecular flexibility index (Phi) is 7.57. The van der Waals surface area contributed by atoms with Crippen LogP contribution < -0.4 is 9.47 Å². The van der Waals surface area contributed by atoms with Crippen LogP contribution in [0.25, 0.3) is 67.2 Å². The second-order valence-electron chi connectivity index (χ2n) is 18.2. The molecule has 0 unspecified atom stereocenters. The molecule has 4 aliphatic rings. The van der Waals surface area contributed by atoms with Gasteiger partial charge in [-0.1, -0.05) is 176 Å². The van der Waals surface area contributed by atoms with Crippen molar-refractivity contribution in [2.24, 2.45) is 0 Å². The standard InChI is InChI=1S/C63H37N3O2/c1-2-16-38(17-3-1)59-64-60(41-30-32-48-44(35-41)43-20-6-7-21-47(43)62(48)50-22-8-12-26-55(50)67-56-27-13-9-23-51(56)62)66-61(65-59)42-31-33-49-45(36-42)46-34-39-18-4-5-19-40(39)37-54(46)63(49)52-24-10-14-28-57(52)68-58-29-15-11-25-53(58)63/h1-37H. The van der Waals surface area contributed by atoms with Crippen molar-refractivity contribution in [3.63, 3.8) is 0 Å². The molecule has 1 aromatic heterocycles. The third-order valence-electron chi connectivity index (χ3n) is 14.8. The summed E-state index contributed by atoms with van der Waals surface area (Å²) in [5, 5.41) is 2.39. The van der Waals surface area contributed by atoms with Gasteiger partial charge in [0.05, 0.1) is 10.8 Å². The molecule has 0 fully saturated rings. The van der Waals surface area contributed by atoms with Crippen molar-refractivity contribution >= 4 is 10.8 Å². The smallest absolute Gasteiger partial charge is 0.164 e. The monoisotopic (exact) mass is 867 g/mol. The van der Waals surface area contributed by atoms with Crippen LogP contribution in [-0.2, 0) is 10.8 Å². The van der Waals surface area contributed by atoms with Gasteiger partial charge >= 0.3 is 0 Å². The number of nitrogens with zero attached hydrogens (tertiary/aromatic N) is 3. The Labute approximate surface area is 392 Å². The molecular weight excluding hydrogens is 831 g/mol. The Morgan fingerprint density at radius 1 is 0.250 bits per heavy atom. The molecule has 316 valence electrons. The minimum atomic E-state index is -0.609. The van der Waals surface area contributed by atoms with Crippen LogP contribution >= 0.6 is 0 Å². The van der Waals surface area contributed by atoms with E-state index in [9.17, 15) is 0 Å². The van der Waals surface area contributed by atoms with E-state index >= 15 is 0 Å². The molecule has 0 saturated carbocycles. The van der Waals surface area contributed by atoms with Crippen molar-refractivity contribution in [3.8, 4) is 79.4 Å². The van der Waals surface area contributed by atoms with Crippen molar-refractivity contribution < 1.29 is 9.47 Å². The largest absolute Gasteiger partial charge is 0.457 e. The Morgan fingerprint density at radius 3 is 1.15 bits per heavy atom. The van der Waals surface area contributed by atoms with E-state index in [0.29, 0.717) is 17.5 Å². The van der Waals surface area contributed by atoms with Gasteiger partial charge in [0.2, 0.25) is 0 Å². The molecule has 11 aromatic rings. The third-order valence-corrected chi connectivity index (χ3v) is 14.8. The van der Waals surface area contributed by atoms with Gasteiger partial charge in [0.15, 0.2) is 17.5 Å². The maximum atomic E-state index is 6.66. The first kappa shape index (κ1) is 37.3. The lowest BCUT2D eigenvalue weighted by Crippen LogP contribution is -2.32. The minimum absolute atomic E-state index is 0.565. The molecule has 2 aliphatic heterocycles. The highest BCUT2D eigenvalue weighted by atomic mass is 16.5. The van der Waals surface area contributed by atoms with Crippen LogP contribution in [0.3, 0.4) is 0 Å². The van der Waals surface area contributed by atoms with Crippen molar-refractivity contribution in [2.75, 3.05) is 0 Å². The molecule has 15 rings (SSSR count). The van der Waals surface area contributed by atoms with Crippen LogP contribution in [0.5, 0.6) is 23.0 Å². The highest BCUT2D eigenvalue weighted by molar-refractivity contribution is 5.98. The summed E-state index contributed by atoms with van der Waals surface area (Å²) < 4.78 is 13.3. The van der Waals surface area contributed by atoms with Crippen LogP contribution in [0.15, 0.2) is 224 Å². The molecule has 3 heterocycles. The molecule has 10 aromatic carbocycles.